The molecule has 0 radical (unpaired) electrons. The molecule has 86 valence electrons. The van der Waals surface area contributed by atoms with Crippen LogP contribution in [0.15, 0.2) is 18.2 Å². The Morgan fingerprint density at radius 1 is 1.25 bits per heavy atom. The fraction of sp³-hybridized carbons (Fsp3) is 0.200. The Hall–Kier alpha value is -0.710. The molecule has 0 spiro atoms. The molecular weight excluding hydrogens is 269 g/mol. The summed E-state index contributed by atoms with van der Waals surface area (Å²) in [5, 5.41) is 0.768. The highest BCUT2D eigenvalue weighted by Crippen LogP contribution is 2.35. The van der Waals surface area contributed by atoms with E-state index in [1.807, 2.05) is 6.08 Å². The third kappa shape index (κ3) is 2.05. The molecule has 0 bridgehead atoms. The number of hydrogen-bond acceptors (Lipinski definition) is 2. The Balaban J connectivity index is 2.64. The lowest BCUT2D eigenvalue weighted by Gasteiger charge is -2.26. The van der Waals surface area contributed by atoms with Crippen LogP contribution in [0.1, 0.15) is 5.56 Å². The number of anilines is 1. The zero-order valence-corrected chi connectivity index (χ0v) is 10.8. The third-order valence-corrected chi connectivity index (χ3v) is 4.18. The van der Waals surface area contributed by atoms with Crippen LogP contribution in [0.25, 0.3) is 6.08 Å². The van der Waals surface area contributed by atoms with Crippen molar-refractivity contribution in [3.05, 3.63) is 33.8 Å². The first-order valence-corrected chi connectivity index (χ1v) is 7.13. The fourth-order valence-corrected chi connectivity index (χ4v) is 2.79. The Morgan fingerprint density at radius 2 is 1.88 bits per heavy atom. The molecule has 1 heterocycles. The highest BCUT2D eigenvalue weighted by atomic mass is 35.5. The van der Waals surface area contributed by atoms with Gasteiger partial charge in [0.25, 0.3) is 0 Å². The lowest BCUT2D eigenvalue weighted by atomic mass is 10.1. The topological polar surface area (TPSA) is 37.4 Å². The van der Waals surface area contributed by atoms with E-state index in [2.05, 4.69) is 0 Å². The van der Waals surface area contributed by atoms with Crippen LogP contribution in [0.2, 0.25) is 10.0 Å². The summed E-state index contributed by atoms with van der Waals surface area (Å²) in [7, 11) is -3.29. The van der Waals surface area contributed by atoms with E-state index in [-0.39, 0.29) is 0 Å². The molecule has 0 unspecified atom stereocenters. The average Bonchev–Trinajstić information content (AvgIpc) is 2.17. The molecule has 6 heteroatoms. The zero-order chi connectivity index (χ0) is 11.9. The van der Waals surface area contributed by atoms with Crippen LogP contribution in [-0.2, 0) is 10.0 Å². The van der Waals surface area contributed by atoms with E-state index in [1.54, 1.807) is 18.2 Å². The Morgan fingerprint density at radius 3 is 2.50 bits per heavy atom. The molecule has 16 heavy (non-hydrogen) atoms. The van der Waals surface area contributed by atoms with Crippen molar-refractivity contribution in [2.45, 2.75) is 0 Å². The van der Waals surface area contributed by atoms with Crippen LogP contribution in [0.3, 0.4) is 0 Å². The molecule has 0 fully saturated rings. The van der Waals surface area contributed by atoms with Gasteiger partial charge in [-0.2, -0.15) is 0 Å². The fourth-order valence-electron chi connectivity index (χ4n) is 1.59. The van der Waals surface area contributed by atoms with Gasteiger partial charge in [0.1, 0.15) is 0 Å². The summed E-state index contributed by atoms with van der Waals surface area (Å²) in [5.41, 5.74) is 1.32. The van der Waals surface area contributed by atoms with Crippen molar-refractivity contribution in [3.63, 3.8) is 0 Å². The van der Waals surface area contributed by atoms with Gasteiger partial charge in [0.2, 0.25) is 10.0 Å². The van der Waals surface area contributed by atoms with Gasteiger partial charge in [-0.3, -0.25) is 4.31 Å². The first-order chi connectivity index (χ1) is 7.39. The molecule has 0 atom stereocenters. The second-order valence-electron chi connectivity index (χ2n) is 3.52. The first kappa shape index (κ1) is 11.8. The SMILES string of the molecule is CS(=O)(=O)N1CC=Cc2cc(Cl)c(Cl)cc21. The van der Waals surface area contributed by atoms with Crippen LogP contribution < -0.4 is 4.31 Å². The average molecular weight is 278 g/mol. The molecule has 0 saturated carbocycles. The largest absolute Gasteiger partial charge is 0.266 e. The monoisotopic (exact) mass is 277 g/mol. The van der Waals surface area contributed by atoms with Crippen LogP contribution in [0.5, 0.6) is 0 Å². The van der Waals surface area contributed by atoms with Crippen molar-refractivity contribution in [2.24, 2.45) is 0 Å². The Kier molecular flexibility index (Phi) is 2.90. The van der Waals surface area contributed by atoms with E-state index >= 15 is 0 Å². The molecule has 1 aromatic carbocycles. The maximum atomic E-state index is 11.6. The Bertz CT molecular complexity index is 566. The second-order valence-corrected chi connectivity index (χ2v) is 6.24. The molecule has 0 saturated heterocycles. The quantitative estimate of drug-likeness (QED) is 0.792. The van der Waals surface area contributed by atoms with E-state index in [4.69, 9.17) is 23.2 Å². The predicted octanol–water partition coefficient (Wildman–Crippen LogP) is 2.79. The number of halogens is 2. The molecule has 3 nitrogen and oxygen atoms in total. The normalized spacial score (nSPS) is 15.1. The van der Waals surface area contributed by atoms with Gasteiger partial charge in [-0.1, -0.05) is 35.4 Å². The van der Waals surface area contributed by atoms with Gasteiger partial charge < -0.3 is 0 Å². The van der Waals surface area contributed by atoms with Crippen LogP contribution >= 0.6 is 23.2 Å². The molecule has 2 rings (SSSR count). The van der Waals surface area contributed by atoms with Crippen LogP contribution in [0.4, 0.5) is 5.69 Å². The third-order valence-electron chi connectivity index (χ3n) is 2.31. The van der Waals surface area contributed by atoms with Gasteiger partial charge in [-0.15, -0.1) is 0 Å². The van der Waals surface area contributed by atoms with Crippen molar-refractivity contribution in [1.82, 2.24) is 0 Å². The lowest BCUT2D eigenvalue weighted by Crippen LogP contribution is -2.31. The summed E-state index contributed by atoms with van der Waals surface area (Å²) in [4.78, 5) is 0. The maximum absolute atomic E-state index is 11.6. The molecule has 1 aromatic rings. The molecule has 0 N–H and O–H groups in total. The number of benzene rings is 1. The predicted molar refractivity (Wildman–Crippen MR) is 67.7 cm³/mol. The molecular formula is C10H9Cl2NO2S. The second kappa shape index (κ2) is 3.95. The van der Waals surface area contributed by atoms with Gasteiger partial charge in [0.05, 0.1) is 28.5 Å². The van der Waals surface area contributed by atoms with Crippen molar-refractivity contribution in [3.8, 4) is 0 Å². The summed E-state index contributed by atoms with van der Waals surface area (Å²) >= 11 is 11.8. The minimum atomic E-state index is -3.29. The smallest absolute Gasteiger partial charge is 0.232 e. The van der Waals surface area contributed by atoms with Crippen molar-refractivity contribution >= 4 is 45.0 Å². The van der Waals surface area contributed by atoms with Gasteiger partial charge in [-0.25, -0.2) is 8.42 Å². The minimum Gasteiger partial charge on any atom is -0.266 e. The van der Waals surface area contributed by atoms with E-state index in [0.29, 0.717) is 22.3 Å². The van der Waals surface area contributed by atoms with E-state index in [1.165, 1.54) is 10.6 Å². The van der Waals surface area contributed by atoms with Gasteiger partial charge >= 0.3 is 0 Å². The van der Waals surface area contributed by atoms with Gasteiger partial charge in [0, 0.05) is 5.56 Å². The van der Waals surface area contributed by atoms with Crippen molar-refractivity contribution in [1.29, 1.82) is 0 Å². The standard InChI is InChI=1S/C10H9Cl2NO2S/c1-16(14,15)13-4-2-3-7-5-8(11)9(12)6-10(7)13/h2-3,5-6H,4H2,1H3. The summed E-state index contributed by atoms with van der Waals surface area (Å²) < 4.78 is 24.4. The minimum absolute atomic E-state index is 0.323. The van der Waals surface area contributed by atoms with E-state index < -0.39 is 10.0 Å². The molecule has 0 amide bonds. The van der Waals surface area contributed by atoms with Crippen molar-refractivity contribution in [2.75, 3.05) is 17.1 Å². The van der Waals surface area contributed by atoms with E-state index in [9.17, 15) is 8.42 Å². The number of nitrogens with zero attached hydrogens (tertiary/aromatic N) is 1. The number of sulfonamides is 1. The molecule has 1 aliphatic heterocycles. The van der Waals surface area contributed by atoms with Gasteiger partial charge in [-0.05, 0) is 12.1 Å². The molecule has 0 aliphatic carbocycles. The summed E-state index contributed by atoms with van der Waals surface area (Å²) in [6.45, 7) is 0.323. The van der Waals surface area contributed by atoms with Crippen molar-refractivity contribution < 1.29 is 8.42 Å². The highest BCUT2D eigenvalue weighted by Gasteiger charge is 2.22. The highest BCUT2D eigenvalue weighted by molar-refractivity contribution is 7.92. The Labute approximate surface area is 104 Å². The van der Waals surface area contributed by atoms with E-state index in [0.717, 1.165) is 5.56 Å². The van der Waals surface area contributed by atoms with Crippen LogP contribution in [-0.4, -0.2) is 21.2 Å². The summed E-state index contributed by atoms with van der Waals surface area (Å²) in [6, 6.07) is 3.23. The lowest BCUT2D eigenvalue weighted by molar-refractivity contribution is 0.598. The zero-order valence-electron chi connectivity index (χ0n) is 8.44. The number of hydrogen-bond donors (Lipinski definition) is 0. The van der Waals surface area contributed by atoms with Crippen LogP contribution in [0, 0.1) is 0 Å². The number of rotatable bonds is 1. The molecule has 1 aliphatic rings. The van der Waals surface area contributed by atoms with Gasteiger partial charge in [0.15, 0.2) is 0 Å². The number of fused-ring (bicyclic) bond motifs is 1. The maximum Gasteiger partial charge on any atom is 0.232 e. The molecule has 0 aromatic heterocycles. The first-order valence-electron chi connectivity index (χ1n) is 4.53. The summed E-state index contributed by atoms with van der Waals surface area (Å²) in [5.74, 6) is 0. The summed E-state index contributed by atoms with van der Waals surface area (Å²) in [6.07, 6.45) is 4.77.